The second-order valence-electron chi connectivity index (χ2n) is 5.41. The van der Waals surface area contributed by atoms with Gasteiger partial charge in [0.2, 0.25) is 5.13 Å². The Morgan fingerprint density at radius 1 is 1.27 bits per heavy atom. The number of nitrogens with zero attached hydrogens (tertiary/aromatic N) is 2. The van der Waals surface area contributed by atoms with Crippen molar-refractivity contribution < 1.29 is 14.3 Å². The molecule has 1 aliphatic heterocycles. The Bertz CT molecular complexity index is 684. The predicted octanol–water partition coefficient (Wildman–Crippen LogP) is 2.76. The van der Waals surface area contributed by atoms with Crippen molar-refractivity contribution in [2.24, 2.45) is 5.92 Å². The predicted molar refractivity (Wildman–Crippen MR) is 83.8 cm³/mol. The fourth-order valence-electron chi connectivity index (χ4n) is 2.09. The standard InChI is InChI=1S/C15H17N3O3S/c1-9(2)7-13-17-18-15(22-13)16-14(19)10-3-4-11-12(8-10)21-6-5-20-11/h3-4,8-9H,5-7H2,1-2H3,(H,16,18,19). The lowest BCUT2D eigenvalue weighted by molar-refractivity contribution is 0.102. The van der Waals surface area contributed by atoms with E-state index in [1.807, 2.05) is 0 Å². The largest absolute Gasteiger partial charge is 0.486 e. The number of amides is 1. The first-order valence-electron chi connectivity index (χ1n) is 7.15. The van der Waals surface area contributed by atoms with Crippen molar-refractivity contribution in [2.45, 2.75) is 20.3 Å². The Kier molecular flexibility index (Phi) is 4.24. The van der Waals surface area contributed by atoms with Gasteiger partial charge in [-0.15, -0.1) is 10.2 Å². The highest BCUT2D eigenvalue weighted by molar-refractivity contribution is 7.15. The van der Waals surface area contributed by atoms with Gasteiger partial charge in [-0.3, -0.25) is 10.1 Å². The van der Waals surface area contributed by atoms with Crippen molar-refractivity contribution in [2.75, 3.05) is 18.5 Å². The molecular formula is C15H17N3O3S. The van der Waals surface area contributed by atoms with Crippen LogP contribution in [0.25, 0.3) is 0 Å². The lowest BCUT2D eigenvalue weighted by Gasteiger charge is -2.18. The number of hydrogen-bond acceptors (Lipinski definition) is 6. The maximum atomic E-state index is 12.3. The molecule has 6 nitrogen and oxygen atoms in total. The first kappa shape index (κ1) is 14.8. The van der Waals surface area contributed by atoms with Crippen LogP contribution < -0.4 is 14.8 Å². The van der Waals surface area contributed by atoms with Gasteiger partial charge in [0.1, 0.15) is 18.2 Å². The Balaban J connectivity index is 1.70. The second-order valence-corrected chi connectivity index (χ2v) is 6.47. The van der Waals surface area contributed by atoms with Crippen molar-refractivity contribution in [3.8, 4) is 11.5 Å². The maximum Gasteiger partial charge on any atom is 0.257 e. The minimum atomic E-state index is -0.232. The molecule has 0 saturated heterocycles. The molecule has 0 radical (unpaired) electrons. The Morgan fingerprint density at radius 2 is 2.05 bits per heavy atom. The van der Waals surface area contributed by atoms with E-state index in [1.165, 1.54) is 11.3 Å². The number of carbonyl (C=O) groups excluding carboxylic acids is 1. The van der Waals surface area contributed by atoms with Gasteiger partial charge in [-0.05, 0) is 24.1 Å². The van der Waals surface area contributed by atoms with Crippen LogP contribution in [0, 0.1) is 5.92 Å². The van der Waals surface area contributed by atoms with Crippen LogP contribution in [0.1, 0.15) is 29.2 Å². The lowest BCUT2D eigenvalue weighted by Crippen LogP contribution is -2.17. The zero-order chi connectivity index (χ0) is 15.5. The first-order valence-corrected chi connectivity index (χ1v) is 7.97. The summed E-state index contributed by atoms with van der Waals surface area (Å²) in [6, 6.07) is 5.13. The van der Waals surface area contributed by atoms with Crippen molar-refractivity contribution >= 4 is 22.4 Å². The Labute approximate surface area is 132 Å². The van der Waals surface area contributed by atoms with Crippen LogP contribution in [0.5, 0.6) is 11.5 Å². The van der Waals surface area contributed by atoms with Gasteiger partial charge in [-0.2, -0.15) is 0 Å². The molecule has 0 atom stereocenters. The maximum absolute atomic E-state index is 12.3. The number of rotatable bonds is 4. The summed E-state index contributed by atoms with van der Waals surface area (Å²) in [5.74, 6) is 1.54. The van der Waals surface area contributed by atoms with Crippen LogP contribution in [-0.4, -0.2) is 29.3 Å². The van der Waals surface area contributed by atoms with Gasteiger partial charge in [0.15, 0.2) is 11.5 Å². The van der Waals surface area contributed by atoms with Crippen LogP contribution in [0.4, 0.5) is 5.13 Å². The molecule has 0 unspecified atom stereocenters. The molecule has 3 rings (SSSR count). The molecule has 0 aliphatic carbocycles. The summed E-state index contributed by atoms with van der Waals surface area (Å²) < 4.78 is 10.9. The summed E-state index contributed by atoms with van der Waals surface area (Å²) >= 11 is 1.40. The lowest BCUT2D eigenvalue weighted by atomic mass is 10.1. The second kappa shape index (κ2) is 6.31. The summed E-state index contributed by atoms with van der Waals surface area (Å²) in [4.78, 5) is 12.3. The van der Waals surface area contributed by atoms with Gasteiger partial charge in [0.25, 0.3) is 5.91 Å². The molecule has 0 spiro atoms. The van der Waals surface area contributed by atoms with Crippen LogP contribution in [0.15, 0.2) is 18.2 Å². The molecule has 1 aromatic heterocycles. The van der Waals surface area contributed by atoms with Gasteiger partial charge < -0.3 is 9.47 Å². The number of benzene rings is 1. The average Bonchev–Trinajstić information content (AvgIpc) is 2.93. The SMILES string of the molecule is CC(C)Cc1nnc(NC(=O)c2ccc3c(c2)OCCO3)s1. The zero-order valence-corrected chi connectivity index (χ0v) is 13.3. The average molecular weight is 319 g/mol. The molecule has 22 heavy (non-hydrogen) atoms. The van der Waals surface area contributed by atoms with Crippen molar-refractivity contribution in [3.63, 3.8) is 0 Å². The van der Waals surface area contributed by atoms with Crippen LogP contribution in [0.3, 0.4) is 0 Å². The molecule has 1 amide bonds. The fourth-order valence-corrected chi connectivity index (χ4v) is 3.04. The molecule has 2 aromatic rings. The number of hydrogen-bond donors (Lipinski definition) is 1. The Morgan fingerprint density at radius 3 is 2.82 bits per heavy atom. The summed E-state index contributed by atoms with van der Waals surface area (Å²) in [7, 11) is 0. The minimum Gasteiger partial charge on any atom is -0.486 e. The van der Waals surface area contributed by atoms with E-state index in [2.05, 4.69) is 29.4 Å². The number of ether oxygens (including phenoxy) is 2. The first-order chi connectivity index (χ1) is 10.6. The number of carbonyl (C=O) groups is 1. The minimum absolute atomic E-state index is 0.232. The monoisotopic (exact) mass is 319 g/mol. The number of fused-ring (bicyclic) bond motifs is 1. The van der Waals surface area contributed by atoms with Crippen molar-refractivity contribution in [1.29, 1.82) is 0 Å². The molecule has 0 saturated carbocycles. The van der Waals surface area contributed by atoms with E-state index in [9.17, 15) is 4.79 Å². The number of anilines is 1. The van der Waals surface area contributed by atoms with Gasteiger partial charge in [-0.1, -0.05) is 25.2 Å². The number of nitrogens with one attached hydrogen (secondary N) is 1. The zero-order valence-electron chi connectivity index (χ0n) is 12.5. The smallest absolute Gasteiger partial charge is 0.257 e. The summed E-state index contributed by atoms with van der Waals surface area (Å²) in [5, 5.41) is 12.3. The normalized spacial score (nSPS) is 13.2. The summed E-state index contributed by atoms with van der Waals surface area (Å²) in [6.45, 7) is 5.26. The van der Waals surface area contributed by atoms with Crippen LogP contribution in [-0.2, 0) is 6.42 Å². The van der Waals surface area contributed by atoms with Crippen molar-refractivity contribution in [1.82, 2.24) is 10.2 Å². The molecule has 1 N–H and O–H groups in total. The quantitative estimate of drug-likeness (QED) is 0.938. The van der Waals surface area contributed by atoms with Gasteiger partial charge in [-0.25, -0.2) is 0 Å². The third-order valence-corrected chi connectivity index (χ3v) is 3.94. The molecule has 1 aliphatic rings. The van der Waals surface area contributed by atoms with E-state index in [0.29, 0.717) is 41.3 Å². The summed E-state index contributed by atoms with van der Waals surface area (Å²) in [6.07, 6.45) is 0.859. The summed E-state index contributed by atoms with van der Waals surface area (Å²) in [5.41, 5.74) is 0.504. The van der Waals surface area contributed by atoms with Crippen LogP contribution in [0.2, 0.25) is 0 Å². The highest BCUT2D eigenvalue weighted by Crippen LogP contribution is 2.31. The number of aromatic nitrogens is 2. The van der Waals surface area contributed by atoms with Gasteiger partial charge in [0.05, 0.1) is 0 Å². The third-order valence-electron chi connectivity index (χ3n) is 3.07. The molecule has 7 heteroatoms. The highest BCUT2D eigenvalue weighted by Gasteiger charge is 2.16. The topological polar surface area (TPSA) is 73.3 Å². The molecular weight excluding hydrogens is 302 g/mol. The van der Waals surface area contributed by atoms with E-state index in [1.54, 1.807) is 18.2 Å². The van der Waals surface area contributed by atoms with Crippen LogP contribution >= 0.6 is 11.3 Å². The van der Waals surface area contributed by atoms with E-state index in [-0.39, 0.29) is 5.91 Å². The highest BCUT2D eigenvalue weighted by atomic mass is 32.1. The van der Waals surface area contributed by atoms with Crippen molar-refractivity contribution in [3.05, 3.63) is 28.8 Å². The third kappa shape index (κ3) is 3.36. The molecule has 0 fully saturated rings. The molecule has 116 valence electrons. The van der Waals surface area contributed by atoms with E-state index in [0.717, 1.165) is 11.4 Å². The van der Waals surface area contributed by atoms with E-state index in [4.69, 9.17) is 9.47 Å². The molecule has 1 aromatic carbocycles. The Hall–Kier alpha value is -2.15. The van der Waals surface area contributed by atoms with E-state index < -0.39 is 0 Å². The fraction of sp³-hybridized carbons (Fsp3) is 0.400. The molecule has 2 heterocycles. The van der Waals surface area contributed by atoms with E-state index >= 15 is 0 Å². The van der Waals surface area contributed by atoms with Gasteiger partial charge >= 0.3 is 0 Å². The molecule has 0 bridgehead atoms. The van der Waals surface area contributed by atoms with Gasteiger partial charge in [0, 0.05) is 12.0 Å².